The van der Waals surface area contributed by atoms with E-state index in [4.69, 9.17) is 0 Å². The number of aromatic hydroxyl groups is 1. The smallest absolute Gasteiger partial charge is 0.178 e. The summed E-state index contributed by atoms with van der Waals surface area (Å²) in [5.74, 6) is 0.0574. The molecule has 0 saturated carbocycles. The molecular formula is C24H26FN3O2. The highest BCUT2D eigenvalue weighted by Crippen LogP contribution is 2.23. The topological polar surface area (TPSA) is 48.7 Å². The summed E-state index contributed by atoms with van der Waals surface area (Å²) in [7, 11) is 0. The molecule has 0 amide bonds. The van der Waals surface area contributed by atoms with Crippen LogP contribution in [0.3, 0.4) is 0 Å². The van der Waals surface area contributed by atoms with E-state index in [9.17, 15) is 14.3 Å². The van der Waals surface area contributed by atoms with Crippen LogP contribution in [0.25, 0.3) is 5.69 Å². The SMILES string of the molecule is Cc1cc(C(=O)CN2CCN(c3ccc(O)cc3)CC2)c(C)n1-c1cccc(F)c1. The second-order valence-corrected chi connectivity index (χ2v) is 7.80. The highest BCUT2D eigenvalue weighted by atomic mass is 19.1. The number of rotatable bonds is 5. The minimum atomic E-state index is -0.292. The van der Waals surface area contributed by atoms with E-state index in [2.05, 4.69) is 9.80 Å². The molecule has 1 aliphatic heterocycles. The van der Waals surface area contributed by atoms with Crippen molar-refractivity contribution in [2.45, 2.75) is 13.8 Å². The monoisotopic (exact) mass is 407 g/mol. The number of aromatic nitrogens is 1. The number of hydrogen-bond donors (Lipinski definition) is 1. The van der Waals surface area contributed by atoms with Crippen molar-refractivity contribution in [3.63, 3.8) is 0 Å². The van der Waals surface area contributed by atoms with E-state index in [0.29, 0.717) is 12.1 Å². The molecule has 5 nitrogen and oxygen atoms in total. The van der Waals surface area contributed by atoms with E-state index in [1.54, 1.807) is 18.2 Å². The van der Waals surface area contributed by atoms with Gasteiger partial charge in [0.05, 0.1) is 6.54 Å². The fourth-order valence-corrected chi connectivity index (χ4v) is 4.17. The van der Waals surface area contributed by atoms with E-state index < -0.39 is 0 Å². The van der Waals surface area contributed by atoms with Crippen molar-refractivity contribution >= 4 is 11.5 Å². The first-order chi connectivity index (χ1) is 14.4. The molecule has 4 rings (SSSR count). The average Bonchev–Trinajstić information content (AvgIpc) is 3.03. The quantitative estimate of drug-likeness (QED) is 0.651. The number of Topliss-reactive ketones (excluding diaryl/α,β-unsaturated/α-hetero) is 1. The maximum atomic E-state index is 13.7. The summed E-state index contributed by atoms with van der Waals surface area (Å²) in [6.07, 6.45) is 0. The van der Waals surface area contributed by atoms with Gasteiger partial charge in [-0.15, -0.1) is 0 Å². The third kappa shape index (κ3) is 4.09. The molecule has 1 fully saturated rings. The van der Waals surface area contributed by atoms with Crippen molar-refractivity contribution in [2.24, 2.45) is 0 Å². The van der Waals surface area contributed by atoms with Crippen molar-refractivity contribution in [1.29, 1.82) is 0 Å². The van der Waals surface area contributed by atoms with E-state index in [1.807, 2.05) is 42.7 Å². The number of aryl methyl sites for hydroxylation is 1. The highest BCUT2D eigenvalue weighted by Gasteiger charge is 2.22. The average molecular weight is 407 g/mol. The molecule has 30 heavy (non-hydrogen) atoms. The fraction of sp³-hybridized carbons (Fsp3) is 0.292. The molecule has 6 heteroatoms. The van der Waals surface area contributed by atoms with E-state index in [-0.39, 0.29) is 17.3 Å². The van der Waals surface area contributed by atoms with Crippen LogP contribution in [0.5, 0.6) is 5.75 Å². The van der Waals surface area contributed by atoms with Crippen LogP contribution in [0.4, 0.5) is 10.1 Å². The zero-order valence-corrected chi connectivity index (χ0v) is 17.3. The number of halogens is 1. The number of phenolic OH excluding ortho intramolecular Hbond substituents is 1. The highest BCUT2D eigenvalue weighted by molar-refractivity contribution is 5.99. The van der Waals surface area contributed by atoms with Gasteiger partial charge in [-0.1, -0.05) is 6.07 Å². The molecule has 156 valence electrons. The van der Waals surface area contributed by atoms with Gasteiger partial charge in [-0.05, 0) is 62.4 Å². The van der Waals surface area contributed by atoms with E-state index >= 15 is 0 Å². The van der Waals surface area contributed by atoms with Crippen molar-refractivity contribution in [2.75, 3.05) is 37.6 Å². The van der Waals surface area contributed by atoms with Gasteiger partial charge in [-0.3, -0.25) is 9.69 Å². The molecule has 0 unspecified atom stereocenters. The summed E-state index contributed by atoms with van der Waals surface area (Å²) < 4.78 is 15.6. The molecule has 2 aromatic carbocycles. The standard InChI is InChI=1S/C24H26FN3O2/c1-17-14-23(18(2)28(17)21-5-3-4-19(25)15-21)24(30)16-26-10-12-27(13-11-26)20-6-8-22(29)9-7-20/h3-9,14-15,29H,10-13,16H2,1-2H3. The lowest BCUT2D eigenvalue weighted by atomic mass is 10.1. The van der Waals surface area contributed by atoms with Crippen LogP contribution in [0.1, 0.15) is 21.7 Å². The molecule has 0 atom stereocenters. The predicted molar refractivity (Wildman–Crippen MR) is 116 cm³/mol. The number of anilines is 1. The second kappa shape index (κ2) is 8.32. The minimum absolute atomic E-state index is 0.0869. The Labute approximate surface area is 176 Å². The van der Waals surface area contributed by atoms with E-state index in [1.165, 1.54) is 12.1 Å². The molecule has 0 aliphatic carbocycles. The number of nitrogens with zero attached hydrogens (tertiary/aromatic N) is 3. The Balaban J connectivity index is 1.43. The number of phenols is 1. The van der Waals surface area contributed by atoms with Gasteiger partial charge in [0.15, 0.2) is 5.78 Å². The van der Waals surface area contributed by atoms with Crippen LogP contribution in [0.2, 0.25) is 0 Å². The number of carbonyl (C=O) groups is 1. The van der Waals surface area contributed by atoms with Crippen molar-refractivity contribution < 1.29 is 14.3 Å². The first kappa shape index (κ1) is 20.2. The molecule has 1 saturated heterocycles. The van der Waals surface area contributed by atoms with Crippen molar-refractivity contribution in [3.8, 4) is 11.4 Å². The maximum absolute atomic E-state index is 13.7. The number of hydrogen-bond acceptors (Lipinski definition) is 4. The fourth-order valence-electron chi connectivity index (χ4n) is 4.17. The molecule has 3 aromatic rings. The molecule has 0 radical (unpaired) electrons. The number of carbonyl (C=O) groups excluding carboxylic acids is 1. The molecule has 1 aromatic heterocycles. The lowest BCUT2D eigenvalue weighted by Crippen LogP contribution is -2.48. The molecule has 0 spiro atoms. The Kier molecular flexibility index (Phi) is 5.59. The van der Waals surface area contributed by atoms with Crippen LogP contribution in [0.15, 0.2) is 54.6 Å². The largest absolute Gasteiger partial charge is 0.508 e. The summed E-state index contributed by atoms with van der Waals surface area (Å²) in [6, 6.07) is 15.5. The molecule has 2 heterocycles. The summed E-state index contributed by atoms with van der Waals surface area (Å²) in [6.45, 7) is 7.49. The zero-order valence-electron chi connectivity index (χ0n) is 17.3. The van der Waals surface area contributed by atoms with E-state index in [0.717, 1.165) is 48.9 Å². The van der Waals surface area contributed by atoms with Gasteiger partial charge in [-0.2, -0.15) is 0 Å². The first-order valence-electron chi connectivity index (χ1n) is 10.2. The molecule has 0 bridgehead atoms. The van der Waals surface area contributed by atoms with Crippen LogP contribution >= 0.6 is 0 Å². The van der Waals surface area contributed by atoms with Crippen LogP contribution in [-0.4, -0.2) is 53.1 Å². The van der Waals surface area contributed by atoms with Crippen LogP contribution in [0, 0.1) is 19.7 Å². The van der Waals surface area contributed by atoms with Gasteiger partial charge in [-0.25, -0.2) is 4.39 Å². The Hall–Kier alpha value is -3.12. The predicted octanol–water partition coefficient (Wildman–Crippen LogP) is 3.94. The van der Waals surface area contributed by atoms with Crippen LogP contribution in [-0.2, 0) is 0 Å². The number of piperazine rings is 1. The summed E-state index contributed by atoms with van der Waals surface area (Å²) in [5.41, 5.74) is 4.26. The molecule has 1 N–H and O–H groups in total. The van der Waals surface area contributed by atoms with Gasteiger partial charge in [0, 0.05) is 54.5 Å². The lowest BCUT2D eigenvalue weighted by Gasteiger charge is -2.35. The Morgan fingerprint density at radius 3 is 2.33 bits per heavy atom. The van der Waals surface area contributed by atoms with Gasteiger partial charge in [0.1, 0.15) is 11.6 Å². The Morgan fingerprint density at radius 1 is 0.967 bits per heavy atom. The van der Waals surface area contributed by atoms with Gasteiger partial charge < -0.3 is 14.6 Å². The summed E-state index contributed by atoms with van der Waals surface area (Å²) >= 11 is 0. The zero-order chi connectivity index (χ0) is 21.3. The third-order valence-electron chi connectivity index (χ3n) is 5.75. The Bertz CT molecular complexity index is 1050. The van der Waals surface area contributed by atoms with Crippen molar-refractivity contribution in [3.05, 3.63) is 77.4 Å². The molecular weight excluding hydrogens is 381 g/mol. The van der Waals surface area contributed by atoms with Gasteiger partial charge in [0.2, 0.25) is 0 Å². The maximum Gasteiger partial charge on any atom is 0.178 e. The van der Waals surface area contributed by atoms with Crippen molar-refractivity contribution in [1.82, 2.24) is 9.47 Å². The first-order valence-corrected chi connectivity index (χ1v) is 10.2. The normalized spacial score (nSPS) is 14.8. The van der Waals surface area contributed by atoms with Gasteiger partial charge >= 0.3 is 0 Å². The number of benzene rings is 2. The minimum Gasteiger partial charge on any atom is -0.508 e. The summed E-state index contributed by atoms with van der Waals surface area (Å²) in [4.78, 5) is 17.5. The van der Waals surface area contributed by atoms with Gasteiger partial charge in [0.25, 0.3) is 0 Å². The molecule has 1 aliphatic rings. The number of ketones is 1. The summed E-state index contributed by atoms with van der Waals surface area (Å²) in [5, 5.41) is 9.45. The third-order valence-corrected chi connectivity index (χ3v) is 5.75. The Morgan fingerprint density at radius 2 is 1.67 bits per heavy atom. The van der Waals surface area contributed by atoms with Crippen LogP contribution < -0.4 is 4.90 Å². The lowest BCUT2D eigenvalue weighted by molar-refractivity contribution is 0.0926. The second-order valence-electron chi connectivity index (χ2n) is 7.80.